The minimum Gasteiger partial charge on any atom is -0.478 e. The average Bonchev–Trinajstić information content (AvgIpc) is 2.27. The van der Waals surface area contributed by atoms with Crippen LogP contribution >= 0.6 is 0 Å². The Morgan fingerprint density at radius 1 is 1.25 bits per heavy atom. The minimum atomic E-state index is -3.08. The first kappa shape index (κ1) is 12.1. The second-order valence-corrected chi connectivity index (χ2v) is 3.05. The lowest BCUT2D eigenvalue weighted by molar-refractivity contribution is -0.128. The van der Waals surface area contributed by atoms with E-state index >= 15 is 0 Å². The Morgan fingerprint density at radius 3 is 2.12 bits per heavy atom. The fourth-order valence-corrected chi connectivity index (χ4v) is 1.10. The van der Waals surface area contributed by atoms with E-state index in [1.807, 2.05) is 0 Å². The first-order valence-corrected chi connectivity index (χ1v) is 4.32. The Kier molecular flexibility index (Phi) is 3.55. The molecule has 0 aliphatic heterocycles. The highest BCUT2D eigenvalue weighted by atomic mass is 19.3. The SMILES string of the molecule is CN(C(=O)C(F)F)c1ccc(C(=O)O)cc1. The van der Waals surface area contributed by atoms with Crippen molar-refractivity contribution in [3.8, 4) is 0 Å². The van der Waals surface area contributed by atoms with Gasteiger partial charge in [-0.1, -0.05) is 0 Å². The molecule has 0 fully saturated rings. The summed E-state index contributed by atoms with van der Waals surface area (Å²) in [6, 6.07) is 5.08. The summed E-state index contributed by atoms with van der Waals surface area (Å²) in [5.41, 5.74) is 0.247. The molecular formula is C10H9F2NO3. The molecule has 0 radical (unpaired) electrons. The molecule has 4 nitrogen and oxygen atoms in total. The number of carboxylic acid groups (broad SMARTS) is 1. The number of carboxylic acids is 1. The van der Waals surface area contributed by atoms with Crippen LogP contribution in [0, 0.1) is 0 Å². The van der Waals surface area contributed by atoms with Crippen LogP contribution in [0.15, 0.2) is 24.3 Å². The summed E-state index contributed by atoms with van der Waals surface area (Å²) in [5.74, 6) is -2.45. The van der Waals surface area contributed by atoms with Gasteiger partial charge in [-0.15, -0.1) is 0 Å². The van der Waals surface area contributed by atoms with Gasteiger partial charge in [0.1, 0.15) is 0 Å². The quantitative estimate of drug-likeness (QED) is 0.856. The van der Waals surface area contributed by atoms with Gasteiger partial charge in [0, 0.05) is 12.7 Å². The van der Waals surface area contributed by atoms with Crippen LogP contribution in [-0.4, -0.2) is 30.5 Å². The van der Waals surface area contributed by atoms with Crippen molar-refractivity contribution in [3.63, 3.8) is 0 Å². The van der Waals surface area contributed by atoms with Crippen LogP contribution in [0.25, 0.3) is 0 Å². The molecule has 6 heteroatoms. The van der Waals surface area contributed by atoms with E-state index in [0.717, 1.165) is 4.90 Å². The number of amides is 1. The van der Waals surface area contributed by atoms with Gasteiger partial charge in [0.05, 0.1) is 5.56 Å². The third-order valence-electron chi connectivity index (χ3n) is 2.02. The van der Waals surface area contributed by atoms with Crippen molar-refractivity contribution < 1.29 is 23.5 Å². The summed E-state index contributed by atoms with van der Waals surface area (Å²) in [4.78, 5) is 22.2. The van der Waals surface area contributed by atoms with Crippen LogP contribution in [-0.2, 0) is 4.79 Å². The van der Waals surface area contributed by atoms with Gasteiger partial charge in [0.25, 0.3) is 5.91 Å². The maximum absolute atomic E-state index is 12.1. The topological polar surface area (TPSA) is 57.6 Å². The zero-order chi connectivity index (χ0) is 12.3. The van der Waals surface area contributed by atoms with Crippen molar-refractivity contribution in [2.45, 2.75) is 6.43 Å². The largest absolute Gasteiger partial charge is 0.478 e. The van der Waals surface area contributed by atoms with E-state index in [-0.39, 0.29) is 11.3 Å². The molecule has 1 amide bonds. The molecule has 1 aromatic carbocycles. The highest BCUT2D eigenvalue weighted by Gasteiger charge is 2.21. The second-order valence-electron chi connectivity index (χ2n) is 3.05. The van der Waals surface area contributed by atoms with Crippen molar-refractivity contribution in [3.05, 3.63) is 29.8 Å². The Balaban J connectivity index is 2.89. The summed E-state index contributed by atoms with van der Waals surface area (Å²) in [5, 5.41) is 8.61. The normalized spacial score (nSPS) is 10.2. The number of nitrogens with zero attached hydrogens (tertiary/aromatic N) is 1. The third-order valence-corrected chi connectivity index (χ3v) is 2.02. The first-order valence-electron chi connectivity index (χ1n) is 4.32. The van der Waals surface area contributed by atoms with E-state index in [1.165, 1.54) is 31.3 Å². The lowest BCUT2D eigenvalue weighted by Crippen LogP contribution is -2.31. The van der Waals surface area contributed by atoms with Crippen molar-refractivity contribution >= 4 is 17.6 Å². The van der Waals surface area contributed by atoms with Crippen molar-refractivity contribution in [1.82, 2.24) is 0 Å². The van der Waals surface area contributed by atoms with E-state index in [4.69, 9.17) is 5.11 Å². The number of alkyl halides is 2. The van der Waals surface area contributed by atoms with Crippen LogP contribution < -0.4 is 4.90 Å². The summed E-state index contributed by atoms with van der Waals surface area (Å²) in [6.45, 7) is 0. The maximum Gasteiger partial charge on any atom is 0.335 e. The Hall–Kier alpha value is -1.98. The first-order chi connectivity index (χ1) is 7.43. The number of hydrogen-bond acceptors (Lipinski definition) is 2. The highest BCUT2D eigenvalue weighted by molar-refractivity contribution is 5.95. The molecule has 0 spiro atoms. The molecule has 0 atom stereocenters. The van der Waals surface area contributed by atoms with Gasteiger partial charge in [-0.2, -0.15) is 8.78 Å². The second kappa shape index (κ2) is 4.69. The Labute approximate surface area is 90.1 Å². The van der Waals surface area contributed by atoms with Crippen LogP contribution in [0.5, 0.6) is 0 Å². The van der Waals surface area contributed by atoms with Crippen LogP contribution in [0.1, 0.15) is 10.4 Å². The number of anilines is 1. The van der Waals surface area contributed by atoms with Gasteiger partial charge in [-0.05, 0) is 24.3 Å². The smallest absolute Gasteiger partial charge is 0.335 e. The number of halogens is 2. The zero-order valence-electron chi connectivity index (χ0n) is 8.35. The maximum atomic E-state index is 12.1. The zero-order valence-corrected chi connectivity index (χ0v) is 8.35. The standard InChI is InChI=1S/C10H9F2NO3/c1-13(9(14)8(11)12)7-4-2-6(3-5-7)10(15)16/h2-5,8H,1H3,(H,15,16). The fourth-order valence-electron chi connectivity index (χ4n) is 1.10. The Morgan fingerprint density at radius 2 is 1.75 bits per heavy atom. The van der Waals surface area contributed by atoms with Crippen LogP contribution in [0.3, 0.4) is 0 Å². The molecule has 1 rings (SSSR count). The molecule has 0 heterocycles. The average molecular weight is 229 g/mol. The van der Waals surface area contributed by atoms with E-state index in [9.17, 15) is 18.4 Å². The highest BCUT2D eigenvalue weighted by Crippen LogP contribution is 2.15. The van der Waals surface area contributed by atoms with Gasteiger partial charge in [0.15, 0.2) is 0 Å². The van der Waals surface area contributed by atoms with Gasteiger partial charge >= 0.3 is 12.4 Å². The fraction of sp³-hybridized carbons (Fsp3) is 0.200. The summed E-state index contributed by atoms with van der Waals surface area (Å²) >= 11 is 0. The van der Waals surface area contributed by atoms with Gasteiger partial charge in [0.2, 0.25) is 0 Å². The van der Waals surface area contributed by atoms with E-state index in [2.05, 4.69) is 0 Å². The number of carbonyl (C=O) groups excluding carboxylic acids is 1. The van der Waals surface area contributed by atoms with Crippen LogP contribution in [0.2, 0.25) is 0 Å². The molecule has 0 bridgehead atoms. The number of benzene rings is 1. The van der Waals surface area contributed by atoms with Gasteiger partial charge in [-0.25, -0.2) is 4.79 Å². The molecular weight excluding hydrogens is 220 g/mol. The molecule has 0 saturated heterocycles. The Bertz CT molecular complexity index is 403. The number of rotatable bonds is 3. The van der Waals surface area contributed by atoms with E-state index < -0.39 is 18.3 Å². The van der Waals surface area contributed by atoms with E-state index in [0.29, 0.717) is 0 Å². The summed E-state index contributed by atoms with van der Waals surface area (Å²) < 4.78 is 24.2. The monoisotopic (exact) mass is 229 g/mol. The molecule has 16 heavy (non-hydrogen) atoms. The molecule has 0 saturated carbocycles. The van der Waals surface area contributed by atoms with Gasteiger partial charge in [-0.3, -0.25) is 4.79 Å². The number of aromatic carboxylic acids is 1. The lowest BCUT2D eigenvalue weighted by atomic mass is 10.2. The lowest BCUT2D eigenvalue weighted by Gasteiger charge is -2.16. The van der Waals surface area contributed by atoms with E-state index in [1.54, 1.807) is 0 Å². The molecule has 0 aliphatic carbocycles. The van der Waals surface area contributed by atoms with Crippen molar-refractivity contribution in [2.24, 2.45) is 0 Å². The summed E-state index contributed by atoms with van der Waals surface area (Å²) in [7, 11) is 1.20. The molecule has 0 aliphatic rings. The third kappa shape index (κ3) is 2.53. The molecule has 1 aromatic rings. The predicted octanol–water partition coefficient (Wildman–Crippen LogP) is 1.61. The molecule has 0 unspecified atom stereocenters. The molecule has 1 N–H and O–H groups in total. The van der Waals surface area contributed by atoms with Crippen molar-refractivity contribution in [2.75, 3.05) is 11.9 Å². The van der Waals surface area contributed by atoms with Crippen LogP contribution in [0.4, 0.5) is 14.5 Å². The van der Waals surface area contributed by atoms with Gasteiger partial charge < -0.3 is 10.0 Å². The summed E-state index contributed by atoms with van der Waals surface area (Å²) in [6.07, 6.45) is -3.08. The number of hydrogen-bond donors (Lipinski definition) is 1. The minimum absolute atomic E-state index is 0.0293. The van der Waals surface area contributed by atoms with Crippen molar-refractivity contribution in [1.29, 1.82) is 0 Å². The predicted molar refractivity (Wildman–Crippen MR) is 52.8 cm³/mol. The molecule has 86 valence electrons. The number of carbonyl (C=O) groups is 2. The molecule has 0 aromatic heterocycles.